The summed E-state index contributed by atoms with van der Waals surface area (Å²) in [6.45, 7) is 1.40. The summed E-state index contributed by atoms with van der Waals surface area (Å²) in [5.41, 5.74) is 3.74. The summed E-state index contributed by atoms with van der Waals surface area (Å²) in [6, 6.07) is 0.0588. The average Bonchev–Trinajstić information content (AvgIpc) is 3.26. The number of imidazole rings is 1. The van der Waals surface area contributed by atoms with Crippen LogP contribution in [0.25, 0.3) is 0 Å². The molecule has 1 atom stereocenters. The first-order valence-electron chi connectivity index (χ1n) is 12.1. The molecule has 2 aliphatic heterocycles. The van der Waals surface area contributed by atoms with Gasteiger partial charge in [0.2, 0.25) is 11.8 Å². The Kier molecular flexibility index (Phi) is 7.91. The third kappa shape index (κ3) is 6.02. The van der Waals surface area contributed by atoms with Gasteiger partial charge in [-0.25, -0.2) is 18.2 Å². The number of benzene rings is 1. The number of nitrogens with zero attached hydrogens (tertiary/aromatic N) is 5. The van der Waals surface area contributed by atoms with Crippen molar-refractivity contribution in [1.82, 2.24) is 24.3 Å². The van der Waals surface area contributed by atoms with Gasteiger partial charge in [0.1, 0.15) is 17.3 Å². The van der Waals surface area contributed by atoms with Crippen molar-refractivity contribution in [2.75, 3.05) is 32.7 Å². The maximum Gasteiger partial charge on any atom is 0.435 e. The third-order valence-electron chi connectivity index (χ3n) is 6.82. The molecule has 3 amide bonds. The highest BCUT2D eigenvalue weighted by Gasteiger charge is 2.43. The van der Waals surface area contributed by atoms with Crippen LogP contribution in [0.5, 0.6) is 0 Å². The van der Waals surface area contributed by atoms with E-state index in [4.69, 9.17) is 5.73 Å². The molecule has 3 heterocycles. The van der Waals surface area contributed by atoms with E-state index in [1.165, 1.54) is 21.6 Å². The maximum atomic E-state index is 13.9. The van der Waals surface area contributed by atoms with Crippen molar-refractivity contribution in [2.45, 2.75) is 45.1 Å². The summed E-state index contributed by atoms with van der Waals surface area (Å²) in [5, 5.41) is 0. The predicted octanol–water partition coefficient (Wildman–Crippen LogP) is 1.93. The molecule has 0 spiro atoms. The lowest BCUT2D eigenvalue weighted by molar-refractivity contribution is -0.141. The van der Waals surface area contributed by atoms with Gasteiger partial charge < -0.3 is 25.0 Å². The minimum absolute atomic E-state index is 0.0376. The molecule has 0 saturated carbocycles. The molecular weight excluding hydrogens is 534 g/mol. The SMILES string of the molecule is CC(=O)N1CCN(C(=O)c2c(C(F)(F)F)nc3n2CCN(C(=O)C[C@@H](N)Cc2cc(F)c(F)cc2F)C3)CC1. The van der Waals surface area contributed by atoms with Crippen LogP contribution in [-0.4, -0.2) is 80.7 Å². The monoisotopic (exact) mass is 560 g/mol. The summed E-state index contributed by atoms with van der Waals surface area (Å²) in [6.07, 6.45) is -5.54. The van der Waals surface area contributed by atoms with E-state index in [9.17, 15) is 40.7 Å². The number of hydrogen-bond acceptors (Lipinski definition) is 5. The fraction of sp³-hybridized carbons (Fsp3) is 0.500. The van der Waals surface area contributed by atoms with Crippen molar-refractivity contribution in [2.24, 2.45) is 5.73 Å². The highest BCUT2D eigenvalue weighted by atomic mass is 19.4. The van der Waals surface area contributed by atoms with Crippen molar-refractivity contribution in [3.8, 4) is 0 Å². The number of fused-ring (bicyclic) bond motifs is 1. The minimum atomic E-state index is -4.93. The maximum absolute atomic E-state index is 13.9. The topological polar surface area (TPSA) is 105 Å². The van der Waals surface area contributed by atoms with E-state index in [1.54, 1.807) is 0 Å². The van der Waals surface area contributed by atoms with E-state index in [-0.39, 0.29) is 75.9 Å². The highest BCUT2D eigenvalue weighted by Crippen LogP contribution is 2.34. The number of carbonyl (C=O) groups is 3. The molecule has 2 aliphatic rings. The normalized spacial score (nSPS) is 16.8. The molecule has 1 aromatic carbocycles. The van der Waals surface area contributed by atoms with E-state index < -0.39 is 52.9 Å². The molecule has 2 aromatic rings. The molecular formula is C24H26F6N6O3. The number of halogens is 6. The molecule has 0 aliphatic carbocycles. The number of rotatable bonds is 5. The zero-order valence-corrected chi connectivity index (χ0v) is 20.9. The first-order valence-corrected chi connectivity index (χ1v) is 12.1. The Hall–Kier alpha value is -3.62. The van der Waals surface area contributed by atoms with Crippen LogP contribution in [0, 0.1) is 17.5 Å². The van der Waals surface area contributed by atoms with Crippen molar-refractivity contribution < 1.29 is 40.7 Å². The van der Waals surface area contributed by atoms with Crippen LogP contribution in [0.2, 0.25) is 0 Å². The minimum Gasteiger partial charge on any atom is -0.339 e. The van der Waals surface area contributed by atoms with Gasteiger partial charge in [-0.2, -0.15) is 13.2 Å². The van der Waals surface area contributed by atoms with Gasteiger partial charge in [-0.05, 0) is 18.1 Å². The Bertz CT molecular complexity index is 1290. The largest absolute Gasteiger partial charge is 0.435 e. The van der Waals surface area contributed by atoms with E-state index in [2.05, 4.69) is 4.98 Å². The van der Waals surface area contributed by atoms with Gasteiger partial charge in [0.15, 0.2) is 17.3 Å². The van der Waals surface area contributed by atoms with Gasteiger partial charge in [-0.3, -0.25) is 14.4 Å². The number of nitrogens with two attached hydrogens (primary N) is 1. The molecule has 39 heavy (non-hydrogen) atoms. The fourth-order valence-corrected chi connectivity index (χ4v) is 4.76. The number of amides is 3. The molecule has 15 heteroatoms. The van der Waals surface area contributed by atoms with Crippen LogP contribution in [0.4, 0.5) is 26.3 Å². The molecule has 1 fully saturated rings. The summed E-state index contributed by atoms with van der Waals surface area (Å²) in [7, 11) is 0. The van der Waals surface area contributed by atoms with Crippen LogP contribution in [0.3, 0.4) is 0 Å². The molecule has 0 unspecified atom stereocenters. The van der Waals surface area contributed by atoms with E-state index in [0.29, 0.717) is 12.1 Å². The molecule has 1 saturated heterocycles. The predicted molar refractivity (Wildman–Crippen MR) is 123 cm³/mol. The van der Waals surface area contributed by atoms with Crippen molar-refractivity contribution in [3.05, 3.63) is 52.4 Å². The molecule has 2 N–H and O–H groups in total. The Balaban J connectivity index is 1.47. The summed E-state index contributed by atoms with van der Waals surface area (Å²) in [4.78, 5) is 45.2. The van der Waals surface area contributed by atoms with Crippen LogP contribution in [0.15, 0.2) is 12.1 Å². The highest BCUT2D eigenvalue weighted by molar-refractivity contribution is 5.94. The summed E-state index contributed by atoms with van der Waals surface area (Å²) < 4.78 is 83.3. The van der Waals surface area contributed by atoms with Gasteiger partial charge >= 0.3 is 6.18 Å². The number of carbonyl (C=O) groups excluding carboxylic acids is 3. The molecule has 1 aromatic heterocycles. The smallest absolute Gasteiger partial charge is 0.339 e. The van der Waals surface area contributed by atoms with Gasteiger partial charge in [-0.15, -0.1) is 0 Å². The van der Waals surface area contributed by atoms with Crippen LogP contribution in [0.1, 0.15) is 40.9 Å². The Morgan fingerprint density at radius 2 is 1.51 bits per heavy atom. The van der Waals surface area contributed by atoms with E-state index in [1.807, 2.05) is 0 Å². The zero-order valence-electron chi connectivity index (χ0n) is 20.9. The Labute approximate surface area is 219 Å². The average molecular weight is 560 g/mol. The van der Waals surface area contributed by atoms with Gasteiger partial charge in [0.25, 0.3) is 5.91 Å². The fourth-order valence-electron chi connectivity index (χ4n) is 4.76. The van der Waals surface area contributed by atoms with Crippen molar-refractivity contribution in [3.63, 3.8) is 0 Å². The number of hydrogen-bond donors (Lipinski definition) is 1. The van der Waals surface area contributed by atoms with E-state index in [0.717, 1.165) is 4.57 Å². The molecule has 0 bridgehead atoms. The lowest BCUT2D eigenvalue weighted by Gasteiger charge is -2.35. The van der Waals surface area contributed by atoms with Crippen molar-refractivity contribution >= 4 is 17.7 Å². The molecule has 0 radical (unpaired) electrons. The van der Waals surface area contributed by atoms with Crippen LogP contribution < -0.4 is 5.73 Å². The first kappa shape index (κ1) is 28.4. The Morgan fingerprint density at radius 1 is 0.923 bits per heavy atom. The van der Waals surface area contributed by atoms with Gasteiger partial charge in [0.05, 0.1) is 6.54 Å². The number of alkyl halides is 3. The second kappa shape index (κ2) is 10.9. The zero-order chi connectivity index (χ0) is 28.6. The number of piperazine rings is 1. The standard InChI is InChI=1S/C24H26F6N6O3/c1-13(37)33-2-4-34(5-3-33)23(39)21-22(24(28,29)30)32-19-12-35(6-7-36(19)21)20(38)10-15(31)8-14-9-17(26)18(27)11-16(14)25/h9,11,15H,2-8,10,12,31H2,1H3/t15-/m0/s1. The second-order valence-corrected chi connectivity index (χ2v) is 9.51. The van der Waals surface area contributed by atoms with Crippen LogP contribution >= 0.6 is 0 Å². The lowest BCUT2D eigenvalue weighted by Crippen LogP contribution is -2.50. The second-order valence-electron chi connectivity index (χ2n) is 9.51. The summed E-state index contributed by atoms with van der Waals surface area (Å²) in [5.74, 6) is -5.39. The molecule has 212 valence electrons. The Morgan fingerprint density at radius 3 is 2.13 bits per heavy atom. The quantitative estimate of drug-likeness (QED) is 0.445. The van der Waals surface area contributed by atoms with E-state index >= 15 is 0 Å². The summed E-state index contributed by atoms with van der Waals surface area (Å²) >= 11 is 0. The van der Waals surface area contributed by atoms with Gasteiger partial charge in [0, 0.05) is 64.7 Å². The first-order chi connectivity index (χ1) is 18.3. The van der Waals surface area contributed by atoms with Crippen LogP contribution in [-0.2, 0) is 35.3 Å². The van der Waals surface area contributed by atoms with Crippen molar-refractivity contribution in [1.29, 1.82) is 0 Å². The third-order valence-corrected chi connectivity index (χ3v) is 6.82. The lowest BCUT2D eigenvalue weighted by atomic mass is 10.0. The number of aromatic nitrogens is 2. The molecule has 4 rings (SSSR count). The van der Waals surface area contributed by atoms with Gasteiger partial charge in [-0.1, -0.05) is 0 Å². The molecule has 9 nitrogen and oxygen atoms in total.